The molecule has 3 amide bonds. The SMILES string of the molecule is CC(OC(=O)CN1C(=O)c2cccc([N+](=O)[O-])c2C1=O)C(=O)Nc1ccccc1[N+](=O)[O-]. The van der Waals surface area contributed by atoms with E-state index in [1.165, 1.54) is 43.3 Å². The van der Waals surface area contributed by atoms with E-state index in [2.05, 4.69) is 5.32 Å². The Balaban J connectivity index is 1.67. The molecule has 1 N–H and O–H groups in total. The van der Waals surface area contributed by atoms with Crippen molar-refractivity contribution in [3.8, 4) is 0 Å². The van der Waals surface area contributed by atoms with Crippen LogP contribution < -0.4 is 5.32 Å². The average Bonchev–Trinajstić information content (AvgIpc) is 2.98. The number of hydrogen-bond donors (Lipinski definition) is 1. The third-order valence-electron chi connectivity index (χ3n) is 4.50. The molecule has 3 rings (SSSR count). The molecule has 1 heterocycles. The molecule has 2 aromatic carbocycles. The van der Waals surface area contributed by atoms with E-state index in [0.717, 1.165) is 6.07 Å². The lowest BCUT2D eigenvalue weighted by atomic mass is 10.1. The highest BCUT2D eigenvalue weighted by molar-refractivity contribution is 6.24. The van der Waals surface area contributed by atoms with Gasteiger partial charge in [-0.25, -0.2) is 0 Å². The molecule has 13 heteroatoms. The smallest absolute Gasteiger partial charge is 0.326 e. The third-order valence-corrected chi connectivity index (χ3v) is 4.50. The molecular weight excluding hydrogens is 428 g/mol. The van der Waals surface area contributed by atoms with Gasteiger partial charge in [-0.1, -0.05) is 18.2 Å². The Kier molecular flexibility index (Phi) is 5.91. The number of nitro groups is 2. The van der Waals surface area contributed by atoms with Gasteiger partial charge in [0.05, 0.1) is 15.4 Å². The molecule has 0 radical (unpaired) electrons. The maximum absolute atomic E-state index is 12.5. The highest BCUT2D eigenvalue weighted by Gasteiger charge is 2.42. The van der Waals surface area contributed by atoms with Gasteiger partial charge in [-0.3, -0.25) is 44.3 Å². The highest BCUT2D eigenvalue weighted by Crippen LogP contribution is 2.30. The van der Waals surface area contributed by atoms with Crippen LogP contribution in [0.5, 0.6) is 0 Å². The molecule has 0 bridgehead atoms. The van der Waals surface area contributed by atoms with Crippen LogP contribution in [-0.2, 0) is 14.3 Å². The van der Waals surface area contributed by atoms with E-state index in [1.807, 2.05) is 0 Å². The summed E-state index contributed by atoms with van der Waals surface area (Å²) in [6.45, 7) is 0.307. The van der Waals surface area contributed by atoms with Gasteiger partial charge in [0, 0.05) is 12.1 Å². The van der Waals surface area contributed by atoms with Crippen molar-refractivity contribution in [2.24, 2.45) is 0 Å². The van der Waals surface area contributed by atoms with E-state index < -0.39 is 57.4 Å². The number of para-hydroxylation sites is 2. The maximum atomic E-state index is 12.5. The van der Waals surface area contributed by atoms with E-state index >= 15 is 0 Å². The van der Waals surface area contributed by atoms with E-state index in [-0.39, 0.29) is 16.9 Å². The fourth-order valence-electron chi connectivity index (χ4n) is 3.00. The number of hydrogen-bond acceptors (Lipinski definition) is 9. The molecule has 0 spiro atoms. The zero-order chi connectivity index (χ0) is 23.6. The van der Waals surface area contributed by atoms with E-state index in [0.29, 0.717) is 4.90 Å². The summed E-state index contributed by atoms with van der Waals surface area (Å²) in [7, 11) is 0. The van der Waals surface area contributed by atoms with Crippen LogP contribution in [0.3, 0.4) is 0 Å². The van der Waals surface area contributed by atoms with Gasteiger partial charge in [0.25, 0.3) is 29.1 Å². The monoisotopic (exact) mass is 442 g/mol. The molecule has 1 aliphatic heterocycles. The number of ether oxygens (including phenoxy) is 1. The Morgan fingerprint density at radius 2 is 1.62 bits per heavy atom. The summed E-state index contributed by atoms with van der Waals surface area (Å²) < 4.78 is 4.92. The van der Waals surface area contributed by atoms with Crippen molar-refractivity contribution in [1.29, 1.82) is 0 Å². The predicted molar refractivity (Wildman–Crippen MR) is 106 cm³/mol. The summed E-state index contributed by atoms with van der Waals surface area (Å²) >= 11 is 0. The van der Waals surface area contributed by atoms with Crippen LogP contribution in [0.4, 0.5) is 17.1 Å². The van der Waals surface area contributed by atoms with Gasteiger partial charge in [-0.2, -0.15) is 0 Å². The van der Waals surface area contributed by atoms with Gasteiger partial charge in [0.1, 0.15) is 17.8 Å². The lowest BCUT2D eigenvalue weighted by Gasteiger charge is -2.16. The van der Waals surface area contributed by atoms with Gasteiger partial charge < -0.3 is 10.1 Å². The Morgan fingerprint density at radius 3 is 2.28 bits per heavy atom. The molecule has 0 saturated carbocycles. The maximum Gasteiger partial charge on any atom is 0.326 e. The first-order chi connectivity index (χ1) is 15.1. The summed E-state index contributed by atoms with van der Waals surface area (Å²) in [4.78, 5) is 70.5. The summed E-state index contributed by atoms with van der Waals surface area (Å²) in [5.41, 5.74) is -1.71. The first-order valence-corrected chi connectivity index (χ1v) is 8.99. The van der Waals surface area contributed by atoms with Crippen LogP contribution in [0.15, 0.2) is 42.5 Å². The molecule has 1 aliphatic rings. The minimum atomic E-state index is -1.42. The second kappa shape index (κ2) is 8.59. The second-order valence-corrected chi connectivity index (χ2v) is 6.55. The normalized spacial score (nSPS) is 13.3. The van der Waals surface area contributed by atoms with E-state index in [4.69, 9.17) is 4.74 Å². The lowest BCUT2D eigenvalue weighted by molar-refractivity contribution is -0.385. The second-order valence-electron chi connectivity index (χ2n) is 6.55. The number of rotatable bonds is 7. The molecule has 0 fully saturated rings. The first kappa shape index (κ1) is 22.0. The van der Waals surface area contributed by atoms with Gasteiger partial charge in [0.15, 0.2) is 6.10 Å². The van der Waals surface area contributed by atoms with Crippen molar-refractivity contribution in [3.63, 3.8) is 0 Å². The summed E-state index contributed by atoms with van der Waals surface area (Å²) in [5.74, 6) is -3.97. The van der Waals surface area contributed by atoms with Crippen molar-refractivity contribution in [3.05, 3.63) is 73.8 Å². The van der Waals surface area contributed by atoms with Crippen molar-refractivity contribution >= 4 is 40.8 Å². The summed E-state index contributed by atoms with van der Waals surface area (Å²) in [6, 6.07) is 8.84. The van der Waals surface area contributed by atoms with Gasteiger partial charge in [-0.05, 0) is 19.1 Å². The van der Waals surface area contributed by atoms with Crippen molar-refractivity contribution in [1.82, 2.24) is 4.90 Å². The van der Waals surface area contributed by atoms with E-state index in [9.17, 15) is 39.4 Å². The first-order valence-electron chi connectivity index (χ1n) is 8.99. The number of nitrogens with one attached hydrogen (secondary N) is 1. The van der Waals surface area contributed by atoms with Crippen LogP contribution in [0.2, 0.25) is 0 Å². The number of anilines is 1. The summed E-state index contributed by atoms with van der Waals surface area (Å²) in [6.07, 6.45) is -1.42. The van der Waals surface area contributed by atoms with Crippen LogP contribution in [0.1, 0.15) is 27.6 Å². The Morgan fingerprint density at radius 1 is 1.00 bits per heavy atom. The number of benzene rings is 2. The number of esters is 1. The number of nitro benzene ring substituents is 2. The van der Waals surface area contributed by atoms with Crippen LogP contribution in [0, 0.1) is 20.2 Å². The minimum absolute atomic E-state index is 0.113. The quantitative estimate of drug-likeness (QED) is 0.289. The molecule has 0 saturated heterocycles. The molecule has 32 heavy (non-hydrogen) atoms. The number of carbonyl (C=O) groups excluding carboxylic acids is 4. The molecule has 13 nitrogen and oxygen atoms in total. The van der Waals surface area contributed by atoms with Crippen LogP contribution in [0.25, 0.3) is 0 Å². The molecule has 0 aliphatic carbocycles. The van der Waals surface area contributed by atoms with Crippen LogP contribution >= 0.6 is 0 Å². The zero-order valence-corrected chi connectivity index (χ0v) is 16.3. The third kappa shape index (κ3) is 4.12. The standard InChI is InChI=1S/C19H14N4O9/c1-10(17(25)20-12-6-2-3-7-13(12)22(28)29)32-15(24)9-21-18(26)11-5-4-8-14(23(30)31)16(11)19(21)27/h2-8,10H,9H2,1H3,(H,20,25). The minimum Gasteiger partial charge on any atom is -0.451 e. The largest absolute Gasteiger partial charge is 0.451 e. The van der Waals surface area contributed by atoms with Crippen LogP contribution in [-0.4, -0.2) is 51.1 Å². The topological polar surface area (TPSA) is 179 Å². The summed E-state index contributed by atoms with van der Waals surface area (Å²) in [5, 5.41) is 24.4. The Bertz CT molecular complexity index is 1180. The number of amides is 3. The zero-order valence-electron chi connectivity index (χ0n) is 16.3. The van der Waals surface area contributed by atoms with Crippen molar-refractivity contribution < 1.29 is 33.8 Å². The lowest BCUT2D eigenvalue weighted by Crippen LogP contribution is -2.38. The molecule has 1 unspecified atom stereocenters. The van der Waals surface area contributed by atoms with Gasteiger partial charge in [0.2, 0.25) is 0 Å². The van der Waals surface area contributed by atoms with Crippen molar-refractivity contribution in [2.45, 2.75) is 13.0 Å². The molecular formula is C19H14N4O9. The van der Waals surface area contributed by atoms with Crippen molar-refractivity contribution in [2.75, 3.05) is 11.9 Å². The molecule has 1 atom stereocenters. The van der Waals surface area contributed by atoms with Gasteiger partial charge >= 0.3 is 5.97 Å². The highest BCUT2D eigenvalue weighted by atomic mass is 16.6. The number of nitrogens with zero attached hydrogens (tertiary/aromatic N) is 3. The number of imide groups is 1. The number of fused-ring (bicyclic) bond motifs is 1. The molecule has 164 valence electrons. The van der Waals surface area contributed by atoms with Gasteiger partial charge in [-0.15, -0.1) is 0 Å². The fraction of sp³-hybridized carbons (Fsp3) is 0.158. The Labute approximate surface area is 178 Å². The van der Waals surface area contributed by atoms with E-state index in [1.54, 1.807) is 0 Å². The Hall–Kier alpha value is -4.68. The predicted octanol–water partition coefficient (Wildman–Crippen LogP) is 1.67. The fourth-order valence-corrected chi connectivity index (χ4v) is 3.00. The number of carbonyl (C=O) groups is 4. The average molecular weight is 442 g/mol. The molecule has 2 aromatic rings. The molecule has 0 aromatic heterocycles.